The number of amides is 1. The first-order chi connectivity index (χ1) is 11.8. The van der Waals surface area contributed by atoms with Crippen LogP contribution in [0.4, 0.5) is 5.69 Å². The average Bonchev–Trinajstić information content (AvgIpc) is 3.31. The van der Waals surface area contributed by atoms with Crippen LogP contribution >= 0.6 is 0 Å². The van der Waals surface area contributed by atoms with Crippen LogP contribution in [0.3, 0.4) is 0 Å². The second-order valence-corrected chi connectivity index (χ2v) is 6.38. The summed E-state index contributed by atoms with van der Waals surface area (Å²) in [7, 11) is 0. The lowest BCUT2D eigenvalue weighted by atomic mass is 9.97. The maximum absolute atomic E-state index is 12.8. The Kier molecular flexibility index (Phi) is 3.79. The summed E-state index contributed by atoms with van der Waals surface area (Å²) in [5.74, 6) is 0.197. The lowest BCUT2D eigenvalue weighted by Gasteiger charge is -2.21. The van der Waals surface area contributed by atoms with Gasteiger partial charge in [-0.05, 0) is 60.7 Å². The minimum absolute atomic E-state index is 0.0329. The van der Waals surface area contributed by atoms with Crippen molar-refractivity contribution >= 4 is 11.6 Å². The highest BCUT2D eigenvalue weighted by Gasteiger charge is 2.32. The second kappa shape index (κ2) is 6.10. The first kappa shape index (κ1) is 14.9. The molecule has 4 heteroatoms. The van der Waals surface area contributed by atoms with Crippen molar-refractivity contribution in [2.24, 2.45) is 0 Å². The number of anilines is 1. The van der Waals surface area contributed by atoms with Gasteiger partial charge in [0.2, 0.25) is 5.91 Å². The van der Waals surface area contributed by atoms with Gasteiger partial charge in [0.05, 0.1) is 17.7 Å². The van der Waals surface area contributed by atoms with Crippen molar-refractivity contribution < 1.29 is 4.79 Å². The van der Waals surface area contributed by atoms with Gasteiger partial charge in [-0.15, -0.1) is 0 Å². The molecule has 1 fully saturated rings. The van der Waals surface area contributed by atoms with Crippen LogP contribution in [-0.4, -0.2) is 25.0 Å². The second-order valence-electron chi connectivity index (χ2n) is 6.38. The molecule has 0 spiro atoms. The van der Waals surface area contributed by atoms with Crippen molar-refractivity contribution in [3.8, 4) is 17.2 Å². The number of carbonyl (C=O) groups excluding carboxylic acids is 1. The predicted octanol–water partition coefficient (Wildman–Crippen LogP) is 2.87. The van der Waals surface area contributed by atoms with E-state index in [1.807, 2.05) is 41.3 Å². The van der Waals surface area contributed by atoms with Crippen molar-refractivity contribution in [1.82, 2.24) is 5.32 Å². The van der Waals surface area contributed by atoms with E-state index in [4.69, 9.17) is 5.26 Å². The number of carbonyl (C=O) groups is 1. The van der Waals surface area contributed by atoms with Gasteiger partial charge in [0.1, 0.15) is 0 Å². The number of hydrogen-bond donors (Lipinski definition) is 1. The fourth-order valence-corrected chi connectivity index (χ4v) is 3.74. The van der Waals surface area contributed by atoms with Gasteiger partial charge in [-0.3, -0.25) is 4.79 Å². The molecule has 2 aliphatic rings. The Hall–Kier alpha value is -2.64. The van der Waals surface area contributed by atoms with Gasteiger partial charge in [-0.25, -0.2) is 0 Å². The summed E-state index contributed by atoms with van der Waals surface area (Å²) in [4.78, 5) is 14.7. The van der Waals surface area contributed by atoms with Crippen LogP contribution in [0.5, 0.6) is 0 Å². The third kappa shape index (κ3) is 2.47. The molecule has 2 aliphatic heterocycles. The van der Waals surface area contributed by atoms with Crippen LogP contribution in [0.2, 0.25) is 0 Å². The zero-order valence-corrected chi connectivity index (χ0v) is 13.5. The Labute approximate surface area is 141 Å². The minimum atomic E-state index is -0.0329. The molecule has 0 unspecified atom stereocenters. The molecule has 0 saturated carbocycles. The summed E-state index contributed by atoms with van der Waals surface area (Å²) in [5, 5.41) is 12.3. The molecule has 4 nitrogen and oxygen atoms in total. The van der Waals surface area contributed by atoms with Crippen LogP contribution in [0.1, 0.15) is 24.0 Å². The molecule has 4 rings (SSSR count). The summed E-state index contributed by atoms with van der Waals surface area (Å²) in [6.45, 7) is 1.68. The van der Waals surface area contributed by atoms with E-state index in [1.165, 1.54) is 5.56 Å². The van der Waals surface area contributed by atoms with E-state index < -0.39 is 0 Å². The van der Waals surface area contributed by atoms with Crippen molar-refractivity contribution in [1.29, 1.82) is 5.26 Å². The minimum Gasteiger partial charge on any atom is -0.310 e. The Morgan fingerprint density at radius 2 is 2.04 bits per heavy atom. The zero-order valence-electron chi connectivity index (χ0n) is 13.5. The molecule has 1 N–H and O–H groups in total. The largest absolute Gasteiger partial charge is 0.310 e. The Morgan fingerprint density at radius 1 is 1.21 bits per heavy atom. The number of fused-ring (bicyclic) bond motifs is 1. The summed E-state index contributed by atoms with van der Waals surface area (Å²) < 4.78 is 0. The third-order valence-electron chi connectivity index (χ3n) is 4.98. The molecule has 0 aromatic heterocycles. The topological polar surface area (TPSA) is 56.1 Å². The van der Waals surface area contributed by atoms with E-state index in [-0.39, 0.29) is 11.9 Å². The highest BCUT2D eigenvalue weighted by atomic mass is 16.2. The van der Waals surface area contributed by atoms with Crippen LogP contribution in [0.25, 0.3) is 11.1 Å². The molecule has 1 amide bonds. The fourth-order valence-electron chi connectivity index (χ4n) is 3.74. The summed E-state index contributed by atoms with van der Waals surface area (Å²) >= 11 is 0. The lowest BCUT2D eigenvalue weighted by Crippen LogP contribution is -2.42. The molecule has 0 radical (unpaired) electrons. The van der Waals surface area contributed by atoms with Crippen LogP contribution in [0.15, 0.2) is 42.5 Å². The van der Waals surface area contributed by atoms with E-state index in [0.717, 1.165) is 49.2 Å². The van der Waals surface area contributed by atoms with Gasteiger partial charge < -0.3 is 10.2 Å². The molecule has 0 aliphatic carbocycles. The molecule has 2 aromatic rings. The fraction of sp³-hybridized carbons (Fsp3) is 0.300. The number of nitrogens with zero attached hydrogens (tertiary/aromatic N) is 2. The number of rotatable bonds is 2. The third-order valence-corrected chi connectivity index (χ3v) is 4.98. The van der Waals surface area contributed by atoms with Crippen LogP contribution in [-0.2, 0) is 11.2 Å². The number of nitrogens with one attached hydrogen (secondary N) is 1. The summed E-state index contributed by atoms with van der Waals surface area (Å²) in [6.07, 6.45) is 2.88. The van der Waals surface area contributed by atoms with E-state index >= 15 is 0 Å². The molecule has 0 bridgehead atoms. The van der Waals surface area contributed by atoms with Crippen molar-refractivity contribution in [2.45, 2.75) is 25.3 Å². The van der Waals surface area contributed by atoms with E-state index in [1.54, 1.807) is 0 Å². The molecule has 2 heterocycles. The van der Waals surface area contributed by atoms with Gasteiger partial charge in [0.25, 0.3) is 0 Å². The Balaban J connectivity index is 1.68. The molecular formula is C20H19N3O. The van der Waals surface area contributed by atoms with Crippen LogP contribution in [0, 0.1) is 11.3 Å². The molecule has 120 valence electrons. The Bertz CT molecular complexity index is 814. The quantitative estimate of drug-likeness (QED) is 0.926. The maximum atomic E-state index is 12.8. The number of nitriles is 1. The summed E-state index contributed by atoms with van der Waals surface area (Å²) in [6, 6.07) is 15.9. The average molecular weight is 317 g/mol. The van der Waals surface area contributed by atoms with Crippen LogP contribution < -0.4 is 10.2 Å². The van der Waals surface area contributed by atoms with E-state index in [2.05, 4.69) is 17.5 Å². The molecule has 1 saturated heterocycles. The van der Waals surface area contributed by atoms with Gasteiger partial charge in [-0.2, -0.15) is 5.26 Å². The lowest BCUT2D eigenvalue weighted by molar-refractivity contribution is -0.120. The van der Waals surface area contributed by atoms with Gasteiger partial charge in [0, 0.05) is 12.2 Å². The first-order valence-electron chi connectivity index (χ1n) is 8.45. The van der Waals surface area contributed by atoms with Crippen molar-refractivity contribution in [3.05, 3.63) is 53.6 Å². The van der Waals surface area contributed by atoms with Crippen molar-refractivity contribution in [2.75, 3.05) is 18.0 Å². The van der Waals surface area contributed by atoms with Gasteiger partial charge >= 0.3 is 0 Å². The van der Waals surface area contributed by atoms with Gasteiger partial charge in [-0.1, -0.05) is 24.3 Å². The maximum Gasteiger partial charge on any atom is 0.244 e. The monoisotopic (exact) mass is 317 g/mol. The molecular weight excluding hydrogens is 298 g/mol. The normalized spacial score (nSPS) is 19.1. The Morgan fingerprint density at radius 3 is 2.75 bits per heavy atom. The number of hydrogen-bond acceptors (Lipinski definition) is 3. The summed E-state index contributed by atoms with van der Waals surface area (Å²) in [5.41, 5.74) is 5.19. The predicted molar refractivity (Wildman–Crippen MR) is 93.7 cm³/mol. The molecule has 2 aromatic carbocycles. The smallest absolute Gasteiger partial charge is 0.244 e. The van der Waals surface area contributed by atoms with E-state index in [9.17, 15) is 4.79 Å². The van der Waals surface area contributed by atoms with Crippen molar-refractivity contribution in [3.63, 3.8) is 0 Å². The molecule has 1 atom stereocenters. The standard InChI is InChI=1S/C20H19N3O/c21-13-14-6-8-15(9-7-14)16-3-1-5-19-17(16)10-12-23(19)20(24)18-4-2-11-22-18/h1,3,5-9,18,22H,2,4,10-12H2/t18-/m0/s1. The van der Waals surface area contributed by atoms with Gasteiger partial charge in [0.15, 0.2) is 0 Å². The number of benzene rings is 2. The highest BCUT2D eigenvalue weighted by molar-refractivity contribution is 6.00. The van der Waals surface area contributed by atoms with E-state index in [0.29, 0.717) is 5.56 Å². The SMILES string of the molecule is N#Cc1ccc(-c2cccc3c2CCN3C(=O)[C@@H]2CCCN2)cc1. The molecule has 24 heavy (non-hydrogen) atoms. The highest BCUT2D eigenvalue weighted by Crippen LogP contribution is 2.36. The first-order valence-corrected chi connectivity index (χ1v) is 8.45. The zero-order chi connectivity index (χ0) is 16.5.